The monoisotopic (exact) mass is 382 g/mol. The van der Waals surface area contributed by atoms with Gasteiger partial charge in [-0.25, -0.2) is 4.98 Å². The Hall–Kier alpha value is -2.01. The number of benzene rings is 2. The maximum absolute atomic E-state index is 5.89. The van der Waals surface area contributed by atoms with Crippen LogP contribution >= 0.6 is 11.3 Å². The third-order valence-corrected chi connectivity index (χ3v) is 5.41. The van der Waals surface area contributed by atoms with Gasteiger partial charge in [0.1, 0.15) is 5.01 Å². The molecule has 4 heteroatoms. The Morgan fingerprint density at radius 1 is 1.22 bits per heavy atom. The van der Waals surface area contributed by atoms with E-state index in [1.165, 1.54) is 15.8 Å². The van der Waals surface area contributed by atoms with Crippen molar-refractivity contribution in [2.24, 2.45) is 0 Å². The molecule has 0 spiro atoms. The maximum Gasteiger partial charge on any atom is 0.113 e. The Morgan fingerprint density at radius 3 is 2.70 bits per heavy atom. The molecular formula is C23H30N2OS. The van der Waals surface area contributed by atoms with Crippen LogP contribution in [0.5, 0.6) is 0 Å². The van der Waals surface area contributed by atoms with Crippen LogP contribution in [0.15, 0.2) is 55.1 Å². The number of para-hydroxylation sites is 1. The van der Waals surface area contributed by atoms with E-state index in [9.17, 15) is 0 Å². The summed E-state index contributed by atoms with van der Waals surface area (Å²) in [7, 11) is 0. The Morgan fingerprint density at radius 2 is 2.00 bits per heavy atom. The Bertz CT molecular complexity index is 896. The molecule has 0 bridgehead atoms. The summed E-state index contributed by atoms with van der Waals surface area (Å²) in [4.78, 5) is 10.7. The van der Waals surface area contributed by atoms with Crippen molar-refractivity contribution in [2.45, 2.75) is 52.2 Å². The highest BCUT2D eigenvalue weighted by atomic mass is 32.1. The number of hydrogen-bond acceptors (Lipinski definition) is 4. The molecule has 144 valence electrons. The molecule has 0 saturated carbocycles. The van der Waals surface area contributed by atoms with E-state index in [4.69, 9.17) is 9.82 Å². The van der Waals surface area contributed by atoms with E-state index in [2.05, 4.69) is 54.5 Å². The normalized spacial score (nSPS) is 13.0. The first-order valence-electron chi connectivity index (χ1n) is 9.36. The molecule has 2 aromatic carbocycles. The number of nitrogens with one attached hydrogen (secondary N) is 1. The zero-order chi connectivity index (χ0) is 19.4. The molecule has 1 atom stereocenters. The second-order valence-corrected chi connectivity index (χ2v) is 8.99. The number of thiazole rings is 1. The predicted octanol–water partition coefficient (Wildman–Crippen LogP) is 6.57. The molecule has 1 heterocycles. The van der Waals surface area contributed by atoms with E-state index in [0.717, 1.165) is 28.9 Å². The number of nitrogens with zero attached hydrogens (tertiary/aromatic N) is 1. The highest BCUT2D eigenvalue weighted by Crippen LogP contribution is 2.29. The highest BCUT2D eigenvalue weighted by molar-refractivity contribution is 7.18. The fourth-order valence-electron chi connectivity index (χ4n) is 2.82. The standard InChI is InChI=1S/C23H28N2OS.H2/c1-16(2)18-10-8-9-17(15-18)13-14-20(25-26-23(3,4)5)22-24-19-11-6-7-12-21(19)27-22;/h6-12,15,20,25H,1,13-14H2,2-5H3;1H. The van der Waals surface area contributed by atoms with Gasteiger partial charge in [0.25, 0.3) is 0 Å². The highest BCUT2D eigenvalue weighted by Gasteiger charge is 2.20. The lowest BCUT2D eigenvalue weighted by atomic mass is 10.0. The van der Waals surface area contributed by atoms with E-state index < -0.39 is 0 Å². The average molecular weight is 383 g/mol. The first-order chi connectivity index (χ1) is 12.8. The summed E-state index contributed by atoms with van der Waals surface area (Å²) in [5, 5.41) is 1.07. The molecule has 0 aliphatic heterocycles. The zero-order valence-corrected chi connectivity index (χ0v) is 17.4. The van der Waals surface area contributed by atoms with E-state index in [0.29, 0.717) is 0 Å². The third kappa shape index (κ3) is 5.48. The van der Waals surface area contributed by atoms with E-state index in [1.54, 1.807) is 11.3 Å². The van der Waals surface area contributed by atoms with Crippen LogP contribution in [-0.4, -0.2) is 10.6 Å². The van der Waals surface area contributed by atoms with E-state index in [-0.39, 0.29) is 13.1 Å². The first-order valence-corrected chi connectivity index (χ1v) is 10.2. The van der Waals surface area contributed by atoms with E-state index >= 15 is 0 Å². The molecule has 1 N–H and O–H groups in total. The largest absolute Gasteiger partial charge is 0.295 e. The van der Waals surface area contributed by atoms with Crippen molar-refractivity contribution in [3.05, 3.63) is 71.2 Å². The van der Waals surface area contributed by atoms with Gasteiger partial charge in [0.05, 0.1) is 21.9 Å². The minimum Gasteiger partial charge on any atom is -0.295 e. The SMILES string of the molecule is C=C(C)c1cccc(CCC(NOC(C)(C)C)c2nc3ccccc3s2)c1.[HH]. The second-order valence-electron chi connectivity index (χ2n) is 7.92. The smallest absolute Gasteiger partial charge is 0.113 e. The van der Waals surface area contributed by atoms with Gasteiger partial charge in [0.2, 0.25) is 0 Å². The van der Waals surface area contributed by atoms with Crippen molar-refractivity contribution in [3.63, 3.8) is 0 Å². The van der Waals surface area contributed by atoms with Crippen molar-refractivity contribution in [1.29, 1.82) is 0 Å². The lowest BCUT2D eigenvalue weighted by Crippen LogP contribution is -2.32. The number of hydrogen-bond donors (Lipinski definition) is 1. The summed E-state index contributed by atoms with van der Waals surface area (Å²) < 4.78 is 1.21. The average Bonchev–Trinajstić information content (AvgIpc) is 3.05. The van der Waals surface area contributed by atoms with Gasteiger partial charge in [-0.2, -0.15) is 5.48 Å². The lowest BCUT2D eigenvalue weighted by molar-refractivity contribution is -0.0901. The quantitative estimate of drug-likeness (QED) is 0.469. The fraction of sp³-hybridized carbons (Fsp3) is 0.348. The van der Waals surface area contributed by atoms with Gasteiger partial charge in [-0.05, 0) is 63.8 Å². The minimum absolute atomic E-state index is 0. The molecular weight excluding hydrogens is 352 g/mol. The van der Waals surface area contributed by atoms with E-state index in [1.807, 2.05) is 33.8 Å². The summed E-state index contributed by atoms with van der Waals surface area (Å²) in [6.45, 7) is 12.2. The van der Waals surface area contributed by atoms with Crippen LogP contribution in [-0.2, 0) is 11.3 Å². The summed E-state index contributed by atoms with van der Waals surface area (Å²) in [5.74, 6) is 0. The molecule has 1 aromatic heterocycles. The van der Waals surface area contributed by atoms with Crippen LogP contribution in [0.25, 0.3) is 15.8 Å². The zero-order valence-electron chi connectivity index (χ0n) is 16.6. The van der Waals surface area contributed by atoms with Crippen LogP contribution in [0.4, 0.5) is 0 Å². The molecule has 0 radical (unpaired) electrons. The molecule has 3 rings (SSSR count). The maximum atomic E-state index is 5.89. The summed E-state index contributed by atoms with van der Waals surface area (Å²) in [5.41, 5.74) is 7.66. The Labute approximate surface area is 167 Å². The lowest BCUT2D eigenvalue weighted by Gasteiger charge is -2.24. The van der Waals surface area contributed by atoms with Gasteiger partial charge < -0.3 is 0 Å². The minimum atomic E-state index is -0.255. The van der Waals surface area contributed by atoms with Gasteiger partial charge in [0.15, 0.2) is 0 Å². The van der Waals surface area contributed by atoms with Gasteiger partial charge in [-0.1, -0.05) is 48.6 Å². The van der Waals surface area contributed by atoms with Crippen molar-refractivity contribution in [1.82, 2.24) is 10.5 Å². The summed E-state index contributed by atoms with van der Waals surface area (Å²) in [6, 6.07) is 16.9. The number of aromatic nitrogens is 1. The molecule has 0 saturated heterocycles. The van der Waals surface area contributed by atoms with Gasteiger partial charge in [-0.3, -0.25) is 4.84 Å². The topological polar surface area (TPSA) is 34.1 Å². The van der Waals surface area contributed by atoms with Crippen LogP contribution in [0.2, 0.25) is 0 Å². The first kappa shape index (κ1) is 19.7. The molecule has 3 nitrogen and oxygen atoms in total. The van der Waals surface area contributed by atoms with Crippen LogP contribution in [0, 0.1) is 0 Å². The van der Waals surface area contributed by atoms with Crippen molar-refractivity contribution in [2.75, 3.05) is 0 Å². The second kappa shape index (κ2) is 8.34. The number of hydroxylamine groups is 1. The van der Waals surface area contributed by atoms with Gasteiger partial charge in [0, 0.05) is 1.43 Å². The molecule has 0 aliphatic carbocycles. The molecule has 27 heavy (non-hydrogen) atoms. The summed E-state index contributed by atoms with van der Waals surface area (Å²) in [6.07, 6.45) is 1.86. The Balaban J connectivity index is 0.00000280. The van der Waals surface area contributed by atoms with Crippen molar-refractivity contribution in [3.8, 4) is 0 Å². The predicted molar refractivity (Wildman–Crippen MR) is 118 cm³/mol. The Kier molecular flexibility index (Phi) is 6.10. The van der Waals surface area contributed by atoms with Crippen LogP contribution < -0.4 is 5.48 Å². The molecule has 0 amide bonds. The summed E-state index contributed by atoms with van der Waals surface area (Å²) >= 11 is 1.73. The molecule has 0 fully saturated rings. The number of fused-ring (bicyclic) bond motifs is 1. The number of allylic oxidation sites excluding steroid dienone is 1. The molecule has 1 unspecified atom stereocenters. The fourth-order valence-corrected chi connectivity index (χ4v) is 3.87. The number of rotatable bonds is 7. The molecule has 3 aromatic rings. The van der Waals surface area contributed by atoms with Crippen LogP contribution in [0.3, 0.4) is 0 Å². The number of aryl methyl sites for hydroxylation is 1. The van der Waals surface area contributed by atoms with Crippen molar-refractivity contribution < 1.29 is 6.26 Å². The molecule has 0 aliphatic rings. The van der Waals surface area contributed by atoms with Crippen molar-refractivity contribution >= 4 is 27.1 Å². The van der Waals surface area contributed by atoms with Gasteiger partial charge in [-0.15, -0.1) is 11.3 Å². The van der Waals surface area contributed by atoms with Gasteiger partial charge >= 0.3 is 0 Å². The van der Waals surface area contributed by atoms with Crippen LogP contribution in [0.1, 0.15) is 57.7 Å². The third-order valence-electron chi connectivity index (χ3n) is 4.26.